The number of pyridine rings is 1. The molecule has 3 heteroatoms. The number of anilines is 1. The van der Waals surface area contributed by atoms with Crippen molar-refractivity contribution in [3.8, 4) is 6.07 Å². The third-order valence-corrected chi connectivity index (χ3v) is 1.64. The van der Waals surface area contributed by atoms with E-state index in [0.717, 1.165) is 12.4 Å². The van der Waals surface area contributed by atoms with Gasteiger partial charge in [-0.25, -0.2) is 4.98 Å². The van der Waals surface area contributed by atoms with Crippen LogP contribution in [0.2, 0.25) is 0 Å². The Bertz CT molecular complexity index is 338. The van der Waals surface area contributed by atoms with Crippen molar-refractivity contribution in [3.05, 3.63) is 36.5 Å². The summed E-state index contributed by atoms with van der Waals surface area (Å²) in [6, 6.07) is 7.37. The van der Waals surface area contributed by atoms with Gasteiger partial charge < -0.3 is 4.90 Å². The largest absolute Gasteiger partial charge is 0.356 e. The van der Waals surface area contributed by atoms with Crippen LogP contribution in [-0.4, -0.2) is 18.6 Å². The molecule has 0 aliphatic rings. The molecule has 66 valence electrons. The third kappa shape index (κ3) is 2.31. The van der Waals surface area contributed by atoms with Gasteiger partial charge in [0.25, 0.3) is 0 Å². The Hall–Kier alpha value is -1.82. The van der Waals surface area contributed by atoms with Crippen molar-refractivity contribution >= 4 is 5.82 Å². The van der Waals surface area contributed by atoms with Crippen LogP contribution in [-0.2, 0) is 0 Å². The minimum absolute atomic E-state index is 0.438. The molecule has 0 aliphatic heterocycles. The minimum atomic E-state index is 0.438. The van der Waals surface area contributed by atoms with E-state index in [-0.39, 0.29) is 0 Å². The van der Waals surface area contributed by atoms with E-state index in [1.807, 2.05) is 30.1 Å². The zero-order valence-corrected chi connectivity index (χ0v) is 7.57. The number of rotatable bonds is 3. The lowest BCUT2D eigenvalue weighted by molar-refractivity contribution is 0.987. The fraction of sp³-hybridized carbons (Fsp3) is 0.200. The molecule has 3 nitrogen and oxygen atoms in total. The van der Waals surface area contributed by atoms with E-state index in [1.165, 1.54) is 0 Å². The standard InChI is InChI=1S/C10H11N3/c1-3-7-13(2)10-6-4-5-9(8-11)12-10/h3-6H,1,7H2,2H3. The monoisotopic (exact) mass is 173 g/mol. The summed E-state index contributed by atoms with van der Waals surface area (Å²) >= 11 is 0. The van der Waals surface area contributed by atoms with E-state index >= 15 is 0 Å². The molecular weight excluding hydrogens is 162 g/mol. The number of nitriles is 1. The topological polar surface area (TPSA) is 39.9 Å². The molecule has 0 amide bonds. The molecule has 0 saturated heterocycles. The lowest BCUT2D eigenvalue weighted by atomic mass is 10.3. The van der Waals surface area contributed by atoms with Gasteiger partial charge in [-0.2, -0.15) is 5.26 Å². The molecule has 0 radical (unpaired) electrons. The van der Waals surface area contributed by atoms with E-state index in [0.29, 0.717) is 5.69 Å². The summed E-state index contributed by atoms with van der Waals surface area (Å²) in [4.78, 5) is 6.05. The SMILES string of the molecule is C=CCN(C)c1cccc(C#N)n1. The van der Waals surface area contributed by atoms with Gasteiger partial charge in [-0.1, -0.05) is 12.1 Å². The summed E-state index contributed by atoms with van der Waals surface area (Å²) < 4.78 is 0. The second-order valence-corrected chi connectivity index (χ2v) is 2.66. The molecule has 0 unspecified atom stereocenters. The maximum Gasteiger partial charge on any atom is 0.142 e. The van der Waals surface area contributed by atoms with Crippen molar-refractivity contribution in [1.29, 1.82) is 5.26 Å². The first-order valence-electron chi connectivity index (χ1n) is 3.97. The number of likely N-dealkylation sites (N-methyl/N-ethyl adjacent to an activating group) is 1. The maximum atomic E-state index is 8.62. The molecule has 0 N–H and O–H groups in total. The summed E-state index contributed by atoms with van der Waals surface area (Å²) in [5.74, 6) is 0.791. The van der Waals surface area contributed by atoms with Gasteiger partial charge in [0.1, 0.15) is 17.6 Å². The van der Waals surface area contributed by atoms with Gasteiger partial charge in [0.05, 0.1) is 0 Å². The van der Waals surface area contributed by atoms with Crippen LogP contribution in [0.4, 0.5) is 5.82 Å². The lowest BCUT2D eigenvalue weighted by Crippen LogP contribution is -2.17. The van der Waals surface area contributed by atoms with E-state index < -0.39 is 0 Å². The average molecular weight is 173 g/mol. The highest BCUT2D eigenvalue weighted by atomic mass is 15.2. The first kappa shape index (κ1) is 9.27. The summed E-state index contributed by atoms with van der Waals surface area (Å²) in [5.41, 5.74) is 0.438. The predicted octanol–water partition coefficient (Wildman–Crippen LogP) is 1.58. The molecule has 1 aromatic rings. The summed E-state index contributed by atoms with van der Waals surface area (Å²) in [6.07, 6.45) is 1.79. The van der Waals surface area contributed by atoms with Gasteiger partial charge in [-0.05, 0) is 12.1 Å². The third-order valence-electron chi connectivity index (χ3n) is 1.64. The molecule has 0 aromatic carbocycles. The molecule has 1 aromatic heterocycles. The Morgan fingerprint density at radius 2 is 2.46 bits per heavy atom. The van der Waals surface area contributed by atoms with Crippen LogP contribution in [0.15, 0.2) is 30.9 Å². The van der Waals surface area contributed by atoms with Crippen LogP contribution in [0.5, 0.6) is 0 Å². The number of hydrogen-bond acceptors (Lipinski definition) is 3. The van der Waals surface area contributed by atoms with Crippen LogP contribution in [0.1, 0.15) is 5.69 Å². The van der Waals surface area contributed by atoms with Crippen molar-refractivity contribution in [3.63, 3.8) is 0 Å². The first-order valence-corrected chi connectivity index (χ1v) is 3.97. The molecule has 13 heavy (non-hydrogen) atoms. The molecular formula is C10H11N3. The van der Waals surface area contributed by atoms with Gasteiger partial charge in [0.2, 0.25) is 0 Å². The van der Waals surface area contributed by atoms with E-state index in [4.69, 9.17) is 5.26 Å². The van der Waals surface area contributed by atoms with Crippen LogP contribution in [0.25, 0.3) is 0 Å². The molecule has 0 atom stereocenters. The maximum absolute atomic E-state index is 8.62. The van der Waals surface area contributed by atoms with Crippen molar-refractivity contribution in [2.45, 2.75) is 0 Å². The highest BCUT2D eigenvalue weighted by Gasteiger charge is 2.00. The Labute approximate surface area is 77.9 Å². The Morgan fingerprint density at radius 1 is 1.69 bits per heavy atom. The normalized spacial score (nSPS) is 8.92. The molecule has 0 spiro atoms. The Kier molecular flexibility index (Phi) is 3.04. The van der Waals surface area contributed by atoms with Crippen molar-refractivity contribution in [1.82, 2.24) is 4.98 Å². The fourth-order valence-corrected chi connectivity index (χ4v) is 0.985. The molecule has 0 saturated carbocycles. The van der Waals surface area contributed by atoms with E-state index in [9.17, 15) is 0 Å². The Balaban J connectivity index is 2.89. The lowest BCUT2D eigenvalue weighted by Gasteiger charge is -2.15. The molecule has 1 heterocycles. The smallest absolute Gasteiger partial charge is 0.142 e. The first-order chi connectivity index (χ1) is 6.27. The predicted molar refractivity (Wildman–Crippen MR) is 52.4 cm³/mol. The number of aromatic nitrogens is 1. The van der Waals surface area contributed by atoms with E-state index in [2.05, 4.69) is 11.6 Å². The van der Waals surface area contributed by atoms with Crippen molar-refractivity contribution in [2.75, 3.05) is 18.5 Å². The quantitative estimate of drug-likeness (QED) is 0.651. The minimum Gasteiger partial charge on any atom is -0.356 e. The van der Waals surface area contributed by atoms with Crippen LogP contribution >= 0.6 is 0 Å². The van der Waals surface area contributed by atoms with Crippen LogP contribution in [0, 0.1) is 11.3 Å². The summed E-state index contributed by atoms with van der Waals surface area (Å²) in [5, 5.41) is 8.62. The number of hydrogen-bond donors (Lipinski definition) is 0. The van der Waals surface area contributed by atoms with Gasteiger partial charge in [0, 0.05) is 13.6 Å². The van der Waals surface area contributed by atoms with Gasteiger partial charge in [0.15, 0.2) is 0 Å². The van der Waals surface area contributed by atoms with E-state index in [1.54, 1.807) is 12.1 Å². The van der Waals surface area contributed by atoms with Gasteiger partial charge in [-0.3, -0.25) is 0 Å². The summed E-state index contributed by atoms with van der Waals surface area (Å²) in [7, 11) is 1.91. The molecule has 1 rings (SSSR count). The van der Waals surface area contributed by atoms with Crippen LogP contribution < -0.4 is 4.90 Å². The fourth-order valence-electron chi connectivity index (χ4n) is 0.985. The van der Waals surface area contributed by atoms with Crippen molar-refractivity contribution < 1.29 is 0 Å². The average Bonchev–Trinajstić information content (AvgIpc) is 2.18. The zero-order chi connectivity index (χ0) is 9.68. The number of nitrogens with zero attached hydrogens (tertiary/aromatic N) is 3. The van der Waals surface area contributed by atoms with Crippen LogP contribution in [0.3, 0.4) is 0 Å². The molecule has 0 aliphatic carbocycles. The second kappa shape index (κ2) is 4.27. The van der Waals surface area contributed by atoms with Gasteiger partial charge in [-0.15, -0.1) is 6.58 Å². The van der Waals surface area contributed by atoms with Crippen molar-refractivity contribution in [2.24, 2.45) is 0 Å². The summed E-state index contributed by atoms with van der Waals surface area (Å²) in [6.45, 7) is 4.36. The highest BCUT2D eigenvalue weighted by molar-refractivity contribution is 5.41. The molecule has 0 fully saturated rings. The second-order valence-electron chi connectivity index (χ2n) is 2.66. The zero-order valence-electron chi connectivity index (χ0n) is 7.57. The molecule has 0 bridgehead atoms. The Morgan fingerprint density at radius 3 is 3.08 bits per heavy atom. The van der Waals surface area contributed by atoms with Gasteiger partial charge >= 0.3 is 0 Å². The highest BCUT2D eigenvalue weighted by Crippen LogP contribution is 2.08.